The molecule has 0 N–H and O–H groups in total. The standard InChI is InChI=1S/C15H30P2/c1-12-6-7-13(2)16(12)10-5-11-17-14(3)8-9-15(17)4/h12-15H,5-11H2,1-4H3. The van der Waals surface area contributed by atoms with Crippen molar-refractivity contribution in [2.24, 2.45) is 0 Å². The Bertz CT molecular complexity index is 197. The van der Waals surface area contributed by atoms with E-state index >= 15 is 0 Å². The van der Waals surface area contributed by atoms with E-state index in [1.165, 1.54) is 25.7 Å². The molecular formula is C15H30P2. The van der Waals surface area contributed by atoms with E-state index in [2.05, 4.69) is 27.7 Å². The summed E-state index contributed by atoms with van der Waals surface area (Å²) in [7, 11) is 0.788. The van der Waals surface area contributed by atoms with Crippen LogP contribution in [0.25, 0.3) is 0 Å². The summed E-state index contributed by atoms with van der Waals surface area (Å²) in [5, 5.41) is 0. The topological polar surface area (TPSA) is 0 Å². The average Bonchev–Trinajstić information content (AvgIpc) is 2.77. The molecule has 0 aromatic carbocycles. The van der Waals surface area contributed by atoms with Crippen LogP contribution in [-0.4, -0.2) is 35.0 Å². The van der Waals surface area contributed by atoms with Crippen LogP contribution in [0, 0.1) is 0 Å². The average molecular weight is 272 g/mol. The summed E-state index contributed by atoms with van der Waals surface area (Å²) >= 11 is 0. The fraction of sp³-hybridized carbons (Fsp3) is 1.00. The predicted octanol–water partition coefficient (Wildman–Crippen LogP) is 5.48. The molecule has 0 amide bonds. The number of rotatable bonds is 4. The summed E-state index contributed by atoms with van der Waals surface area (Å²) in [5.74, 6) is 0. The summed E-state index contributed by atoms with van der Waals surface area (Å²) in [4.78, 5) is 0. The van der Waals surface area contributed by atoms with E-state index in [-0.39, 0.29) is 0 Å². The van der Waals surface area contributed by atoms with Crippen LogP contribution < -0.4 is 0 Å². The second-order valence-corrected chi connectivity index (χ2v) is 12.9. The molecule has 0 aliphatic carbocycles. The first-order valence-electron chi connectivity index (χ1n) is 7.61. The molecule has 0 bridgehead atoms. The third-order valence-electron chi connectivity index (χ3n) is 5.10. The van der Waals surface area contributed by atoms with Gasteiger partial charge in [-0.3, -0.25) is 0 Å². The highest BCUT2D eigenvalue weighted by atomic mass is 31.1. The van der Waals surface area contributed by atoms with Crippen molar-refractivity contribution in [2.45, 2.75) is 82.4 Å². The maximum absolute atomic E-state index is 2.52. The molecule has 2 heterocycles. The zero-order chi connectivity index (χ0) is 12.4. The van der Waals surface area contributed by atoms with Gasteiger partial charge in [0.25, 0.3) is 0 Å². The van der Waals surface area contributed by atoms with Gasteiger partial charge in [-0.25, -0.2) is 0 Å². The van der Waals surface area contributed by atoms with Gasteiger partial charge in [0.15, 0.2) is 0 Å². The van der Waals surface area contributed by atoms with Crippen molar-refractivity contribution in [3.05, 3.63) is 0 Å². The monoisotopic (exact) mass is 272 g/mol. The van der Waals surface area contributed by atoms with E-state index in [9.17, 15) is 0 Å². The maximum atomic E-state index is 2.52. The summed E-state index contributed by atoms with van der Waals surface area (Å²) in [6, 6.07) is 0. The fourth-order valence-electron chi connectivity index (χ4n) is 3.81. The van der Waals surface area contributed by atoms with Crippen LogP contribution in [0.1, 0.15) is 59.8 Å². The van der Waals surface area contributed by atoms with Crippen molar-refractivity contribution in [3.63, 3.8) is 0 Å². The van der Waals surface area contributed by atoms with Crippen LogP contribution in [0.4, 0.5) is 0 Å². The van der Waals surface area contributed by atoms with Gasteiger partial charge in [0, 0.05) is 0 Å². The summed E-state index contributed by atoms with van der Waals surface area (Å²) in [6.45, 7) is 10.1. The minimum absolute atomic E-state index is 0.394. The Morgan fingerprint density at radius 3 is 1.24 bits per heavy atom. The van der Waals surface area contributed by atoms with E-state index in [4.69, 9.17) is 0 Å². The molecule has 2 heteroatoms. The first kappa shape index (κ1) is 14.3. The van der Waals surface area contributed by atoms with Gasteiger partial charge in [0.05, 0.1) is 0 Å². The van der Waals surface area contributed by atoms with E-state index in [0.29, 0.717) is 15.8 Å². The van der Waals surface area contributed by atoms with E-state index in [1.807, 2.05) is 0 Å². The molecular weight excluding hydrogens is 242 g/mol. The molecule has 17 heavy (non-hydrogen) atoms. The lowest BCUT2D eigenvalue weighted by Crippen LogP contribution is -2.05. The Morgan fingerprint density at radius 2 is 0.941 bits per heavy atom. The molecule has 0 radical (unpaired) electrons. The van der Waals surface area contributed by atoms with Gasteiger partial charge in [-0.05, 0) is 67.1 Å². The van der Waals surface area contributed by atoms with Crippen LogP contribution >= 0.6 is 15.8 Å². The smallest absolute Gasteiger partial charge is 0.0235 e. The minimum atomic E-state index is 0.394. The molecule has 4 unspecified atom stereocenters. The van der Waals surface area contributed by atoms with Crippen molar-refractivity contribution in [3.8, 4) is 0 Å². The molecule has 0 spiro atoms. The number of hydrogen-bond acceptors (Lipinski definition) is 0. The second-order valence-electron chi connectivity index (χ2n) is 6.38. The van der Waals surface area contributed by atoms with Gasteiger partial charge in [0.2, 0.25) is 0 Å². The van der Waals surface area contributed by atoms with Crippen LogP contribution in [0.2, 0.25) is 0 Å². The Hall–Kier alpha value is 0.860. The van der Waals surface area contributed by atoms with Crippen LogP contribution in [0.3, 0.4) is 0 Å². The highest BCUT2D eigenvalue weighted by Crippen LogP contribution is 2.58. The maximum Gasteiger partial charge on any atom is -0.0235 e. The van der Waals surface area contributed by atoms with E-state index in [0.717, 1.165) is 22.6 Å². The Kier molecular flexibility index (Phi) is 5.32. The van der Waals surface area contributed by atoms with E-state index in [1.54, 1.807) is 18.7 Å². The Balaban J connectivity index is 1.72. The molecule has 0 nitrogen and oxygen atoms in total. The molecule has 2 aliphatic heterocycles. The SMILES string of the molecule is CC1CCC(C)P1CCCP1C(C)CCC1C. The minimum Gasteiger partial charge on any atom is -0.101 e. The summed E-state index contributed by atoms with van der Waals surface area (Å²) in [5.41, 5.74) is 4.30. The third-order valence-corrected chi connectivity index (χ3v) is 12.3. The van der Waals surface area contributed by atoms with Crippen molar-refractivity contribution in [1.82, 2.24) is 0 Å². The number of hydrogen-bond donors (Lipinski definition) is 0. The van der Waals surface area contributed by atoms with Crippen molar-refractivity contribution < 1.29 is 0 Å². The zero-order valence-electron chi connectivity index (χ0n) is 12.2. The van der Waals surface area contributed by atoms with Gasteiger partial charge in [0.1, 0.15) is 0 Å². The van der Waals surface area contributed by atoms with Gasteiger partial charge in [-0.1, -0.05) is 27.7 Å². The molecule has 2 rings (SSSR count). The zero-order valence-corrected chi connectivity index (χ0v) is 13.9. The molecule has 2 aliphatic rings. The van der Waals surface area contributed by atoms with Crippen molar-refractivity contribution in [2.75, 3.05) is 12.3 Å². The molecule has 0 aromatic heterocycles. The third kappa shape index (κ3) is 3.45. The predicted molar refractivity (Wildman–Crippen MR) is 84.5 cm³/mol. The first-order chi connectivity index (χ1) is 8.09. The molecule has 100 valence electrons. The summed E-state index contributed by atoms with van der Waals surface area (Å²) in [6.07, 6.45) is 10.8. The van der Waals surface area contributed by atoms with E-state index < -0.39 is 0 Å². The highest BCUT2D eigenvalue weighted by molar-refractivity contribution is 7.60. The second kappa shape index (κ2) is 6.34. The van der Waals surface area contributed by atoms with Gasteiger partial charge >= 0.3 is 0 Å². The van der Waals surface area contributed by atoms with Gasteiger partial charge in [-0.15, -0.1) is 15.8 Å². The molecule has 4 atom stereocenters. The lowest BCUT2D eigenvalue weighted by atomic mass is 10.2. The Morgan fingerprint density at radius 1 is 0.647 bits per heavy atom. The van der Waals surface area contributed by atoms with Gasteiger partial charge < -0.3 is 0 Å². The van der Waals surface area contributed by atoms with Crippen LogP contribution in [-0.2, 0) is 0 Å². The molecule has 0 aromatic rings. The molecule has 0 saturated carbocycles. The quantitative estimate of drug-likeness (QED) is 0.594. The van der Waals surface area contributed by atoms with Gasteiger partial charge in [-0.2, -0.15) is 0 Å². The molecule has 2 saturated heterocycles. The lowest BCUT2D eigenvalue weighted by molar-refractivity contribution is 0.777. The molecule has 2 fully saturated rings. The highest BCUT2D eigenvalue weighted by Gasteiger charge is 2.31. The van der Waals surface area contributed by atoms with Crippen molar-refractivity contribution >= 4 is 15.8 Å². The largest absolute Gasteiger partial charge is 0.101 e. The van der Waals surface area contributed by atoms with Crippen molar-refractivity contribution in [1.29, 1.82) is 0 Å². The fourth-order valence-corrected chi connectivity index (χ4v) is 10.5. The summed E-state index contributed by atoms with van der Waals surface area (Å²) < 4.78 is 0. The van der Waals surface area contributed by atoms with Crippen LogP contribution in [0.5, 0.6) is 0 Å². The first-order valence-corrected chi connectivity index (χ1v) is 10.9. The van der Waals surface area contributed by atoms with Crippen LogP contribution in [0.15, 0.2) is 0 Å². The lowest BCUT2D eigenvalue weighted by Gasteiger charge is -2.24. The normalized spacial score (nSPS) is 46.6. The Labute approximate surface area is 111 Å².